The fraction of sp³-hybridized carbons (Fsp3) is 0.632. The first-order chi connectivity index (χ1) is 12.4. The van der Waals surface area contributed by atoms with Gasteiger partial charge in [-0.05, 0) is 51.6 Å². The molecule has 3 rings (SSSR count). The number of amides is 1. The second kappa shape index (κ2) is 8.31. The fourth-order valence-corrected chi connectivity index (χ4v) is 4.48. The Bertz CT molecular complexity index is 758. The van der Waals surface area contributed by atoms with Crippen LogP contribution in [0.2, 0.25) is 0 Å². The molecule has 0 bridgehead atoms. The predicted octanol–water partition coefficient (Wildman–Crippen LogP) is 3.26. The van der Waals surface area contributed by atoms with Gasteiger partial charge in [-0.1, -0.05) is 13.8 Å². The summed E-state index contributed by atoms with van der Waals surface area (Å²) in [4.78, 5) is 18.2. The largest absolute Gasteiger partial charge is 0.317 e. The number of thiazole rings is 1. The number of aryl methyl sites for hydroxylation is 1. The van der Waals surface area contributed by atoms with Gasteiger partial charge in [0.1, 0.15) is 0 Å². The number of piperidine rings is 1. The van der Waals surface area contributed by atoms with Crippen LogP contribution in [-0.2, 0) is 17.8 Å². The minimum Gasteiger partial charge on any atom is -0.317 e. The highest BCUT2D eigenvalue weighted by Crippen LogP contribution is 2.31. The van der Waals surface area contributed by atoms with Crippen LogP contribution in [0, 0.1) is 19.8 Å². The Morgan fingerprint density at radius 3 is 2.81 bits per heavy atom. The summed E-state index contributed by atoms with van der Waals surface area (Å²) in [6.45, 7) is 11.4. The van der Waals surface area contributed by atoms with Gasteiger partial charge in [0.25, 0.3) is 0 Å². The van der Waals surface area contributed by atoms with Crippen molar-refractivity contribution in [3.8, 4) is 0 Å². The van der Waals surface area contributed by atoms with Gasteiger partial charge in [-0.3, -0.25) is 9.48 Å². The Kier molecular flexibility index (Phi) is 6.09. The zero-order valence-corrected chi connectivity index (χ0v) is 16.9. The third kappa shape index (κ3) is 4.51. The van der Waals surface area contributed by atoms with Crippen LogP contribution < -0.4 is 10.6 Å². The molecule has 0 saturated carbocycles. The number of hydrogen-bond donors (Lipinski definition) is 2. The minimum absolute atomic E-state index is 0.0218. The first-order valence-electron chi connectivity index (χ1n) is 9.43. The van der Waals surface area contributed by atoms with E-state index in [2.05, 4.69) is 34.6 Å². The van der Waals surface area contributed by atoms with Crippen LogP contribution in [0.15, 0.2) is 6.20 Å². The van der Waals surface area contributed by atoms with Crippen LogP contribution in [0.25, 0.3) is 0 Å². The summed E-state index contributed by atoms with van der Waals surface area (Å²) in [5.41, 5.74) is 3.05. The lowest BCUT2D eigenvalue weighted by Gasteiger charge is -2.20. The van der Waals surface area contributed by atoms with E-state index in [-0.39, 0.29) is 5.91 Å². The molecule has 1 fully saturated rings. The molecule has 0 unspecified atom stereocenters. The van der Waals surface area contributed by atoms with Gasteiger partial charge in [-0.2, -0.15) is 5.10 Å². The zero-order chi connectivity index (χ0) is 18.7. The van der Waals surface area contributed by atoms with Gasteiger partial charge in [-0.15, -0.1) is 11.3 Å². The molecule has 1 saturated heterocycles. The van der Waals surface area contributed by atoms with Crippen molar-refractivity contribution >= 4 is 22.4 Å². The standard InChI is InChI=1S/C19H29N5OS/c1-12(2)11-24-14(4)16(13(3)23-24)9-18(25)22-19-21-10-17(26-19)15-5-7-20-8-6-15/h10,12,15,20H,5-9,11H2,1-4H3,(H,21,22,25). The van der Waals surface area contributed by atoms with Crippen LogP contribution >= 0.6 is 11.3 Å². The number of nitrogens with zero attached hydrogens (tertiary/aromatic N) is 3. The molecule has 3 heterocycles. The number of hydrogen-bond acceptors (Lipinski definition) is 5. The highest BCUT2D eigenvalue weighted by Gasteiger charge is 2.19. The third-order valence-corrected chi connectivity index (χ3v) is 5.99. The Labute approximate surface area is 159 Å². The SMILES string of the molecule is Cc1nn(CC(C)C)c(C)c1CC(=O)Nc1ncc(C2CCNCC2)s1. The average Bonchev–Trinajstić information content (AvgIpc) is 3.16. The maximum Gasteiger partial charge on any atom is 0.230 e. The smallest absolute Gasteiger partial charge is 0.230 e. The lowest BCUT2D eigenvalue weighted by Crippen LogP contribution is -2.26. The summed E-state index contributed by atoms with van der Waals surface area (Å²) in [5.74, 6) is 1.07. The molecule has 2 aromatic rings. The molecule has 142 valence electrons. The van der Waals surface area contributed by atoms with Gasteiger partial charge < -0.3 is 10.6 Å². The zero-order valence-electron chi connectivity index (χ0n) is 16.1. The maximum absolute atomic E-state index is 12.5. The Morgan fingerprint density at radius 2 is 2.12 bits per heavy atom. The van der Waals surface area contributed by atoms with Gasteiger partial charge in [-0.25, -0.2) is 4.98 Å². The fourth-order valence-electron chi connectivity index (χ4n) is 3.48. The number of anilines is 1. The van der Waals surface area contributed by atoms with Crippen LogP contribution in [0.4, 0.5) is 5.13 Å². The molecule has 6 nitrogen and oxygen atoms in total. The van der Waals surface area contributed by atoms with E-state index in [9.17, 15) is 4.79 Å². The van der Waals surface area contributed by atoms with E-state index in [0.717, 1.165) is 49.4 Å². The van der Waals surface area contributed by atoms with Crippen molar-refractivity contribution in [1.82, 2.24) is 20.1 Å². The van der Waals surface area contributed by atoms with Crippen molar-refractivity contribution in [1.29, 1.82) is 0 Å². The highest BCUT2D eigenvalue weighted by molar-refractivity contribution is 7.15. The summed E-state index contributed by atoms with van der Waals surface area (Å²) < 4.78 is 2.02. The lowest BCUT2D eigenvalue weighted by atomic mass is 9.97. The molecule has 0 aromatic carbocycles. The Balaban J connectivity index is 1.62. The van der Waals surface area contributed by atoms with E-state index in [0.29, 0.717) is 23.4 Å². The summed E-state index contributed by atoms with van der Waals surface area (Å²) in [6, 6.07) is 0. The number of nitrogens with one attached hydrogen (secondary N) is 2. The van der Waals surface area contributed by atoms with Crippen LogP contribution in [-0.4, -0.2) is 33.8 Å². The van der Waals surface area contributed by atoms with E-state index in [4.69, 9.17) is 0 Å². The molecular formula is C19H29N5OS. The number of carbonyl (C=O) groups is 1. The van der Waals surface area contributed by atoms with Crippen LogP contribution in [0.5, 0.6) is 0 Å². The van der Waals surface area contributed by atoms with Crippen LogP contribution in [0.1, 0.15) is 54.4 Å². The molecule has 0 radical (unpaired) electrons. The highest BCUT2D eigenvalue weighted by atomic mass is 32.1. The van der Waals surface area contributed by atoms with E-state index in [1.165, 1.54) is 4.88 Å². The summed E-state index contributed by atoms with van der Waals surface area (Å²) in [6.07, 6.45) is 4.55. The predicted molar refractivity (Wildman–Crippen MR) is 106 cm³/mol. The normalized spacial score (nSPS) is 15.6. The van der Waals surface area contributed by atoms with E-state index in [1.807, 2.05) is 24.7 Å². The third-order valence-electron chi connectivity index (χ3n) is 4.92. The first kappa shape index (κ1) is 19.0. The second-order valence-electron chi connectivity index (χ2n) is 7.54. The van der Waals surface area contributed by atoms with Crippen molar-refractivity contribution in [2.75, 3.05) is 18.4 Å². The van der Waals surface area contributed by atoms with Gasteiger partial charge in [0.15, 0.2) is 5.13 Å². The molecule has 1 amide bonds. The molecule has 2 aromatic heterocycles. The van der Waals surface area contributed by atoms with Gasteiger partial charge >= 0.3 is 0 Å². The molecule has 1 aliphatic heterocycles. The topological polar surface area (TPSA) is 71.8 Å². The van der Waals surface area contributed by atoms with Crippen molar-refractivity contribution in [3.05, 3.63) is 28.0 Å². The Morgan fingerprint density at radius 1 is 1.38 bits per heavy atom. The quantitative estimate of drug-likeness (QED) is 0.813. The molecule has 7 heteroatoms. The molecule has 2 N–H and O–H groups in total. The van der Waals surface area contributed by atoms with Gasteiger partial charge in [0.05, 0.1) is 12.1 Å². The molecule has 1 aliphatic rings. The number of aromatic nitrogens is 3. The number of rotatable bonds is 6. The van der Waals surface area contributed by atoms with Gasteiger partial charge in [0, 0.05) is 28.9 Å². The molecule has 26 heavy (non-hydrogen) atoms. The minimum atomic E-state index is -0.0218. The number of carbonyl (C=O) groups excluding carboxylic acids is 1. The van der Waals surface area contributed by atoms with Crippen LogP contribution in [0.3, 0.4) is 0 Å². The van der Waals surface area contributed by atoms with Crippen molar-refractivity contribution in [2.24, 2.45) is 5.92 Å². The van der Waals surface area contributed by atoms with Crippen molar-refractivity contribution in [2.45, 2.75) is 59.4 Å². The monoisotopic (exact) mass is 375 g/mol. The van der Waals surface area contributed by atoms with Crippen molar-refractivity contribution in [3.63, 3.8) is 0 Å². The Hall–Kier alpha value is -1.73. The lowest BCUT2D eigenvalue weighted by molar-refractivity contribution is -0.115. The summed E-state index contributed by atoms with van der Waals surface area (Å²) >= 11 is 1.61. The van der Waals surface area contributed by atoms with Gasteiger partial charge in [0.2, 0.25) is 5.91 Å². The average molecular weight is 376 g/mol. The van der Waals surface area contributed by atoms with E-state index in [1.54, 1.807) is 11.3 Å². The second-order valence-corrected chi connectivity index (χ2v) is 8.60. The summed E-state index contributed by atoms with van der Waals surface area (Å²) in [5, 5.41) is 11.6. The molecule has 0 atom stereocenters. The maximum atomic E-state index is 12.5. The molecular weight excluding hydrogens is 346 g/mol. The van der Waals surface area contributed by atoms with Crippen molar-refractivity contribution < 1.29 is 4.79 Å². The molecule has 0 aliphatic carbocycles. The molecule has 0 spiro atoms. The first-order valence-corrected chi connectivity index (χ1v) is 10.2. The van der Waals surface area contributed by atoms with E-state index < -0.39 is 0 Å². The van der Waals surface area contributed by atoms with E-state index >= 15 is 0 Å². The summed E-state index contributed by atoms with van der Waals surface area (Å²) in [7, 11) is 0.